The van der Waals surface area contributed by atoms with Crippen LogP contribution in [0.15, 0.2) is 60.7 Å². The van der Waals surface area contributed by atoms with Gasteiger partial charge in [-0.15, -0.1) is 0 Å². The number of carbonyl (C=O) groups excluding carboxylic acids is 4. The van der Waals surface area contributed by atoms with E-state index in [-0.39, 0.29) is 38.4 Å². The van der Waals surface area contributed by atoms with Crippen LogP contribution < -0.4 is 5.32 Å². The number of hydrogen-bond acceptors (Lipinski definition) is 11. The van der Waals surface area contributed by atoms with Crippen molar-refractivity contribution in [2.45, 2.75) is 74.3 Å². The Labute approximate surface area is 275 Å². The number of hydrogen-bond donors (Lipinski definition) is 2. The van der Waals surface area contributed by atoms with Crippen molar-refractivity contribution >= 4 is 64.5 Å². The number of alkyl halides is 3. The summed E-state index contributed by atoms with van der Waals surface area (Å²) in [5.41, 5.74) is 1.51. The number of nitrogens with one attached hydrogen (secondary N) is 2. The van der Waals surface area contributed by atoms with Crippen LogP contribution in [0.3, 0.4) is 0 Å². The molecule has 0 saturated carbocycles. The molecule has 2 aromatic rings. The molecule has 0 unspecified atom stereocenters. The maximum atomic E-state index is 13.0. The summed E-state index contributed by atoms with van der Waals surface area (Å²) in [7, 11) is 0. The quantitative estimate of drug-likeness (QED) is 0.0985. The highest BCUT2D eigenvalue weighted by atomic mass is 35.6. The first kappa shape index (κ1) is 36.1. The SMILES string of the molecule is CC(=O)CCC(=O)O[C@H]1[C@@H](OC(C)=O)[C@@H](NC(=O)OCc2ccccc2)[C@@H](OC(=N)C(Cl)(Cl)Cl)O[C@@H]1COCc1ccccc1. The highest BCUT2D eigenvalue weighted by Gasteiger charge is 2.53. The topological polar surface area (TPSA) is 160 Å². The number of carbonyl (C=O) groups is 4. The molecule has 45 heavy (non-hydrogen) atoms. The smallest absolute Gasteiger partial charge is 0.408 e. The van der Waals surface area contributed by atoms with Crippen molar-refractivity contribution in [3.05, 3.63) is 71.8 Å². The third-order valence-corrected chi connectivity index (χ3v) is 6.79. The van der Waals surface area contributed by atoms with Gasteiger partial charge < -0.3 is 38.5 Å². The lowest BCUT2D eigenvalue weighted by Gasteiger charge is -2.45. The first-order chi connectivity index (χ1) is 21.3. The van der Waals surface area contributed by atoms with E-state index in [9.17, 15) is 19.2 Å². The van der Waals surface area contributed by atoms with Crippen LogP contribution in [0, 0.1) is 5.41 Å². The second-order valence-electron chi connectivity index (χ2n) is 9.95. The maximum Gasteiger partial charge on any atom is 0.408 e. The first-order valence-corrected chi connectivity index (χ1v) is 14.9. The average molecular weight is 688 g/mol. The number of alkyl carbamates (subject to hydrolysis) is 1. The molecule has 0 bridgehead atoms. The predicted octanol–water partition coefficient (Wildman–Crippen LogP) is 4.80. The Bertz CT molecular complexity index is 1310. The second kappa shape index (κ2) is 17.3. The highest BCUT2D eigenvalue weighted by Crippen LogP contribution is 2.33. The minimum atomic E-state index is -2.33. The van der Waals surface area contributed by atoms with Crippen LogP contribution in [0.4, 0.5) is 4.79 Å². The lowest BCUT2D eigenvalue weighted by Crippen LogP contribution is -2.67. The van der Waals surface area contributed by atoms with Crippen molar-refractivity contribution in [3.63, 3.8) is 0 Å². The molecule has 244 valence electrons. The van der Waals surface area contributed by atoms with Crippen LogP contribution in [0.25, 0.3) is 0 Å². The van der Waals surface area contributed by atoms with Crippen molar-refractivity contribution in [3.8, 4) is 0 Å². The summed E-state index contributed by atoms with van der Waals surface area (Å²) in [6, 6.07) is 16.5. The van der Waals surface area contributed by atoms with Crippen LogP contribution >= 0.6 is 34.8 Å². The molecule has 1 aliphatic heterocycles. The number of amides is 1. The summed E-state index contributed by atoms with van der Waals surface area (Å²) in [5.74, 6) is -2.73. The number of halogens is 3. The van der Waals surface area contributed by atoms with Crippen LogP contribution in [0.5, 0.6) is 0 Å². The predicted molar refractivity (Wildman–Crippen MR) is 163 cm³/mol. The molecule has 0 radical (unpaired) electrons. The highest BCUT2D eigenvalue weighted by molar-refractivity contribution is 6.76. The normalized spacial score (nSPS) is 21.2. The number of benzene rings is 2. The molecule has 3 rings (SSSR count). The van der Waals surface area contributed by atoms with Gasteiger partial charge in [-0.1, -0.05) is 95.5 Å². The summed E-state index contributed by atoms with van der Waals surface area (Å²) in [4.78, 5) is 49.6. The molecule has 1 heterocycles. The van der Waals surface area contributed by atoms with Crippen LogP contribution in [0.1, 0.15) is 37.8 Å². The van der Waals surface area contributed by atoms with E-state index in [1.807, 2.05) is 30.3 Å². The van der Waals surface area contributed by atoms with Gasteiger partial charge in [-0.2, -0.15) is 0 Å². The largest absolute Gasteiger partial charge is 0.456 e. The van der Waals surface area contributed by atoms with Crippen molar-refractivity contribution in [1.29, 1.82) is 5.41 Å². The van der Waals surface area contributed by atoms with E-state index in [1.54, 1.807) is 30.3 Å². The maximum absolute atomic E-state index is 13.0. The number of ether oxygens (including phenoxy) is 6. The average Bonchev–Trinajstić information content (AvgIpc) is 2.98. The fourth-order valence-corrected chi connectivity index (χ4v) is 4.34. The van der Waals surface area contributed by atoms with Gasteiger partial charge >= 0.3 is 18.0 Å². The zero-order valence-electron chi connectivity index (χ0n) is 24.4. The van der Waals surface area contributed by atoms with Crippen LogP contribution in [0.2, 0.25) is 0 Å². The summed E-state index contributed by atoms with van der Waals surface area (Å²) < 4.78 is 31.7. The Morgan fingerprint density at radius 1 is 0.844 bits per heavy atom. The van der Waals surface area contributed by atoms with Gasteiger partial charge in [0.25, 0.3) is 3.79 Å². The van der Waals surface area contributed by atoms with E-state index in [1.165, 1.54) is 6.92 Å². The molecule has 1 aliphatic rings. The third kappa shape index (κ3) is 12.1. The molecule has 0 spiro atoms. The van der Waals surface area contributed by atoms with Gasteiger partial charge in [-0.05, 0) is 18.1 Å². The van der Waals surface area contributed by atoms with Crippen LogP contribution in [-0.4, -0.2) is 70.8 Å². The van der Waals surface area contributed by atoms with Gasteiger partial charge in [0, 0.05) is 13.3 Å². The lowest BCUT2D eigenvalue weighted by molar-refractivity contribution is -0.262. The van der Waals surface area contributed by atoms with E-state index in [4.69, 9.17) is 68.6 Å². The number of ketones is 1. The Morgan fingerprint density at radius 2 is 1.44 bits per heavy atom. The monoisotopic (exact) mass is 686 g/mol. The van der Waals surface area contributed by atoms with Gasteiger partial charge in [0.15, 0.2) is 12.2 Å². The number of Topliss-reactive ketones (excluding diaryl/α,β-unsaturated/α-hetero) is 1. The van der Waals surface area contributed by atoms with E-state index < -0.39 is 58.4 Å². The van der Waals surface area contributed by atoms with Crippen molar-refractivity contribution in [2.75, 3.05) is 6.61 Å². The Morgan fingerprint density at radius 3 is 2.00 bits per heavy atom. The van der Waals surface area contributed by atoms with E-state index in [0.29, 0.717) is 5.56 Å². The van der Waals surface area contributed by atoms with Gasteiger partial charge in [0.05, 0.1) is 19.6 Å². The molecule has 0 aromatic heterocycles. The second-order valence-corrected chi connectivity index (χ2v) is 12.2. The molecule has 2 N–H and O–H groups in total. The summed E-state index contributed by atoms with van der Waals surface area (Å²) in [5, 5.41) is 10.6. The summed E-state index contributed by atoms with van der Waals surface area (Å²) in [6.07, 6.45) is -7.03. The van der Waals surface area contributed by atoms with Gasteiger partial charge in [0.2, 0.25) is 12.2 Å². The Kier molecular flexibility index (Phi) is 13.9. The molecular weight excluding hydrogens is 655 g/mol. The molecule has 1 amide bonds. The van der Waals surface area contributed by atoms with E-state index in [2.05, 4.69) is 5.32 Å². The fraction of sp³-hybridized carbons (Fsp3) is 0.433. The van der Waals surface area contributed by atoms with Gasteiger partial charge in [-0.25, -0.2) is 4.79 Å². The van der Waals surface area contributed by atoms with Crippen molar-refractivity contribution in [2.24, 2.45) is 0 Å². The van der Waals surface area contributed by atoms with Gasteiger partial charge in [-0.3, -0.25) is 15.0 Å². The summed E-state index contributed by atoms with van der Waals surface area (Å²) in [6.45, 7) is 2.21. The van der Waals surface area contributed by atoms with Crippen LogP contribution in [-0.2, 0) is 56.0 Å². The van der Waals surface area contributed by atoms with E-state index in [0.717, 1.165) is 12.5 Å². The molecule has 5 atom stereocenters. The van der Waals surface area contributed by atoms with Gasteiger partial charge in [0.1, 0.15) is 24.5 Å². The summed E-state index contributed by atoms with van der Waals surface area (Å²) >= 11 is 17.5. The molecule has 15 heteroatoms. The third-order valence-electron chi connectivity index (χ3n) is 6.28. The minimum Gasteiger partial charge on any atom is -0.456 e. The zero-order chi connectivity index (χ0) is 33.0. The molecule has 1 saturated heterocycles. The standard InChI is InChI=1S/C30H33Cl3N2O10/c1-18(36)13-14-23(38)44-25-22(17-40-15-20-9-5-3-6-10-20)43-27(45-28(34)30(31,32)33)24(26(25)42-19(2)37)35-29(39)41-16-21-11-7-4-8-12-21/h3-12,22,24-27,34H,13-17H2,1-2H3,(H,35,39)/t22-,24-,25-,26+,27-/m1/s1. The molecule has 12 nitrogen and oxygen atoms in total. The van der Waals surface area contributed by atoms with E-state index >= 15 is 0 Å². The number of rotatable bonds is 13. The zero-order valence-corrected chi connectivity index (χ0v) is 26.7. The first-order valence-electron chi connectivity index (χ1n) is 13.8. The Balaban J connectivity index is 1.93. The van der Waals surface area contributed by atoms with Crippen molar-refractivity contribution < 1.29 is 47.6 Å². The molecule has 0 aliphatic carbocycles. The fourth-order valence-electron chi connectivity index (χ4n) is 4.21. The molecular formula is C30H33Cl3N2O10. The van der Waals surface area contributed by atoms with Crippen molar-refractivity contribution in [1.82, 2.24) is 5.32 Å². The minimum absolute atomic E-state index is 0.0978. The lowest BCUT2D eigenvalue weighted by atomic mass is 9.96. The molecule has 1 fully saturated rings. The molecule has 2 aromatic carbocycles. The Hall–Kier alpha value is -3.42. The number of esters is 2.